The Bertz CT molecular complexity index is 1090. The summed E-state index contributed by atoms with van der Waals surface area (Å²) in [7, 11) is -2.36. The minimum absolute atomic E-state index is 0.0250. The van der Waals surface area contributed by atoms with E-state index in [0.717, 1.165) is 0 Å². The third-order valence-electron chi connectivity index (χ3n) is 4.07. The zero-order valence-corrected chi connectivity index (χ0v) is 17.9. The van der Waals surface area contributed by atoms with Crippen LogP contribution in [0.3, 0.4) is 0 Å². The summed E-state index contributed by atoms with van der Waals surface area (Å²) in [6, 6.07) is 17.8. The zero-order chi connectivity index (χ0) is 20.3. The van der Waals surface area contributed by atoms with Crippen LogP contribution in [0.4, 0.5) is 5.69 Å². The molecule has 0 heterocycles. The molecule has 0 saturated heterocycles. The lowest BCUT2D eigenvalue weighted by Gasteiger charge is -2.25. The predicted molar refractivity (Wildman–Crippen MR) is 114 cm³/mol. The first-order chi connectivity index (χ1) is 13.3. The lowest BCUT2D eigenvalue weighted by Crippen LogP contribution is -2.30. The van der Waals surface area contributed by atoms with Crippen molar-refractivity contribution in [2.45, 2.75) is 11.4 Å². The number of anilines is 1. The van der Waals surface area contributed by atoms with Crippen LogP contribution in [0.5, 0.6) is 5.75 Å². The van der Waals surface area contributed by atoms with E-state index in [2.05, 4.69) is 0 Å². The molecule has 0 aliphatic carbocycles. The molecule has 0 fully saturated rings. The maximum Gasteiger partial charge on any atom is 0.264 e. The maximum atomic E-state index is 13.4. The summed E-state index contributed by atoms with van der Waals surface area (Å²) < 4.78 is 33.2. The highest BCUT2D eigenvalue weighted by Gasteiger charge is 2.26. The quantitative estimate of drug-likeness (QED) is 0.453. The smallest absolute Gasteiger partial charge is 0.264 e. The topological polar surface area (TPSA) is 46.6 Å². The first kappa shape index (κ1) is 20.8. The molecule has 4 nitrogen and oxygen atoms in total. The second-order valence-electron chi connectivity index (χ2n) is 5.90. The van der Waals surface area contributed by atoms with Gasteiger partial charge in [0.1, 0.15) is 5.75 Å². The molecule has 8 heteroatoms. The number of sulfonamides is 1. The molecule has 146 valence electrons. The van der Waals surface area contributed by atoms with Crippen molar-refractivity contribution >= 4 is 50.5 Å². The fraction of sp³-hybridized carbons (Fsp3) is 0.100. The predicted octanol–water partition coefficient (Wildman–Crippen LogP) is 6.05. The van der Waals surface area contributed by atoms with Gasteiger partial charge in [-0.2, -0.15) is 0 Å². The molecule has 0 N–H and O–H groups in total. The lowest BCUT2D eigenvalue weighted by molar-refractivity contribution is 0.415. The Kier molecular flexibility index (Phi) is 6.40. The number of rotatable bonds is 6. The highest BCUT2D eigenvalue weighted by molar-refractivity contribution is 7.92. The van der Waals surface area contributed by atoms with Gasteiger partial charge in [-0.3, -0.25) is 4.31 Å². The van der Waals surface area contributed by atoms with E-state index < -0.39 is 10.0 Å². The van der Waals surface area contributed by atoms with Gasteiger partial charge in [0.25, 0.3) is 10.0 Å². The molecular weight excluding hydrogens is 441 g/mol. The van der Waals surface area contributed by atoms with Crippen LogP contribution in [0.25, 0.3) is 0 Å². The average Bonchev–Trinajstić information content (AvgIpc) is 2.67. The van der Waals surface area contributed by atoms with Crippen molar-refractivity contribution in [3.63, 3.8) is 0 Å². The van der Waals surface area contributed by atoms with E-state index in [-0.39, 0.29) is 11.4 Å². The molecule has 28 heavy (non-hydrogen) atoms. The zero-order valence-electron chi connectivity index (χ0n) is 14.8. The van der Waals surface area contributed by atoms with Crippen molar-refractivity contribution in [3.8, 4) is 5.75 Å². The lowest BCUT2D eigenvalue weighted by atomic mass is 10.2. The molecule has 3 aromatic carbocycles. The van der Waals surface area contributed by atoms with Crippen LogP contribution in [0.15, 0.2) is 71.6 Å². The largest absolute Gasteiger partial charge is 0.497 e. The molecule has 0 aliphatic rings. The minimum atomic E-state index is -3.90. The Morgan fingerprint density at radius 3 is 2.18 bits per heavy atom. The van der Waals surface area contributed by atoms with Gasteiger partial charge in [-0.05, 0) is 60.2 Å². The van der Waals surface area contributed by atoms with Crippen LogP contribution >= 0.6 is 34.8 Å². The normalized spacial score (nSPS) is 11.3. The number of hydrogen-bond acceptors (Lipinski definition) is 3. The number of methoxy groups -OCH3 is 1. The number of benzene rings is 3. The molecule has 0 bridgehead atoms. The first-order valence-corrected chi connectivity index (χ1v) is 10.7. The van der Waals surface area contributed by atoms with E-state index in [0.29, 0.717) is 32.1 Å². The van der Waals surface area contributed by atoms with Gasteiger partial charge >= 0.3 is 0 Å². The van der Waals surface area contributed by atoms with Crippen LogP contribution in [0.2, 0.25) is 15.1 Å². The highest BCUT2D eigenvalue weighted by atomic mass is 35.5. The molecular formula is C20H16Cl3NO3S. The second-order valence-corrected chi connectivity index (χ2v) is 9.05. The number of hydrogen-bond donors (Lipinski definition) is 0. The molecule has 0 amide bonds. The van der Waals surface area contributed by atoms with Crippen molar-refractivity contribution in [1.29, 1.82) is 0 Å². The van der Waals surface area contributed by atoms with E-state index >= 15 is 0 Å². The van der Waals surface area contributed by atoms with Gasteiger partial charge in [-0.1, -0.05) is 46.9 Å². The van der Waals surface area contributed by atoms with Gasteiger partial charge in [0.2, 0.25) is 0 Å². The molecule has 0 aromatic heterocycles. The van der Waals surface area contributed by atoms with Crippen molar-refractivity contribution in [3.05, 3.63) is 87.4 Å². The summed E-state index contributed by atoms with van der Waals surface area (Å²) in [6.45, 7) is 0.0250. The molecule has 0 saturated carbocycles. The van der Waals surface area contributed by atoms with Crippen molar-refractivity contribution in [1.82, 2.24) is 0 Å². The summed E-state index contributed by atoms with van der Waals surface area (Å²) in [5.41, 5.74) is 1.08. The molecule has 3 aromatic rings. The Balaban J connectivity index is 2.10. The number of nitrogens with zero attached hydrogens (tertiary/aromatic N) is 1. The number of halogens is 3. The molecule has 0 atom stereocenters. The fourth-order valence-corrected chi connectivity index (χ4v) is 4.84. The molecule has 0 aliphatic heterocycles. The van der Waals surface area contributed by atoms with E-state index in [4.69, 9.17) is 39.5 Å². The Labute approximate surface area is 179 Å². The Hall–Kier alpha value is -1.92. The molecule has 0 radical (unpaired) electrons. The van der Waals surface area contributed by atoms with Crippen LogP contribution < -0.4 is 9.04 Å². The third kappa shape index (κ3) is 4.55. The van der Waals surface area contributed by atoms with Gasteiger partial charge in [0.05, 0.1) is 24.2 Å². The van der Waals surface area contributed by atoms with Gasteiger partial charge in [0.15, 0.2) is 0 Å². The minimum Gasteiger partial charge on any atom is -0.497 e. The summed E-state index contributed by atoms with van der Waals surface area (Å²) in [6.07, 6.45) is 0. The molecule has 0 spiro atoms. The van der Waals surface area contributed by atoms with Gasteiger partial charge in [-0.25, -0.2) is 8.42 Å². The standard InChI is InChI=1S/C20H16Cl3NO3S/c1-27-18-9-7-17(8-10-18)24(13-14-5-6-16(22)12-20(14)23)28(25,26)19-4-2-3-15(21)11-19/h2-12H,13H2,1H3. The summed E-state index contributed by atoms with van der Waals surface area (Å²) >= 11 is 18.3. The first-order valence-electron chi connectivity index (χ1n) is 8.17. The average molecular weight is 457 g/mol. The van der Waals surface area contributed by atoms with Gasteiger partial charge in [-0.15, -0.1) is 0 Å². The molecule has 3 rings (SSSR count). The van der Waals surface area contributed by atoms with Crippen LogP contribution in [-0.4, -0.2) is 15.5 Å². The van der Waals surface area contributed by atoms with Crippen molar-refractivity contribution < 1.29 is 13.2 Å². The summed E-state index contributed by atoms with van der Waals surface area (Å²) in [4.78, 5) is 0.0842. The highest BCUT2D eigenvalue weighted by Crippen LogP contribution is 2.31. The van der Waals surface area contributed by atoms with Crippen LogP contribution in [0.1, 0.15) is 5.56 Å². The Morgan fingerprint density at radius 1 is 0.893 bits per heavy atom. The summed E-state index contributed by atoms with van der Waals surface area (Å²) in [5, 5.41) is 1.19. The maximum absolute atomic E-state index is 13.4. The SMILES string of the molecule is COc1ccc(N(Cc2ccc(Cl)cc2Cl)S(=O)(=O)c2cccc(Cl)c2)cc1. The molecule has 0 unspecified atom stereocenters. The van der Waals surface area contributed by atoms with E-state index in [1.807, 2.05) is 0 Å². The number of ether oxygens (including phenoxy) is 1. The fourth-order valence-electron chi connectivity index (χ4n) is 2.62. The van der Waals surface area contributed by atoms with Crippen molar-refractivity contribution in [2.75, 3.05) is 11.4 Å². The second kappa shape index (κ2) is 8.62. The monoisotopic (exact) mass is 455 g/mol. The third-order valence-corrected chi connectivity index (χ3v) is 6.67. The van der Waals surface area contributed by atoms with Crippen LogP contribution in [-0.2, 0) is 16.6 Å². The van der Waals surface area contributed by atoms with E-state index in [9.17, 15) is 8.42 Å². The van der Waals surface area contributed by atoms with E-state index in [1.165, 1.54) is 16.4 Å². The van der Waals surface area contributed by atoms with Gasteiger partial charge < -0.3 is 4.74 Å². The summed E-state index contributed by atoms with van der Waals surface area (Å²) in [5.74, 6) is 0.619. The van der Waals surface area contributed by atoms with Crippen LogP contribution in [0, 0.1) is 0 Å². The van der Waals surface area contributed by atoms with Gasteiger partial charge in [0, 0.05) is 15.1 Å². The van der Waals surface area contributed by atoms with Crippen molar-refractivity contribution in [2.24, 2.45) is 0 Å². The Morgan fingerprint density at radius 2 is 1.57 bits per heavy atom. The van der Waals surface area contributed by atoms with E-state index in [1.54, 1.807) is 61.7 Å².